The summed E-state index contributed by atoms with van der Waals surface area (Å²) in [5.41, 5.74) is 1.12. The Labute approximate surface area is 177 Å². The molecule has 3 heterocycles. The third kappa shape index (κ3) is 3.05. The van der Waals surface area contributed by atoms with Gasteiger partial charge in [-0.1, -0.05) is 48.6 Å². The van der Waals surface area contributed by atoms with Gasteiger partial charge in [0.1, 0.15) is 17.3 Å². The molecule has 1 fully saturated rings. The highest BCUT2D eigenvalue weighted by Gasteiger charge is 2.54. The van der Waals surface area contributed by atoms with Crippen LogP contribution in [0.5, 0.6) is 0 Å². The largest absolute Gasteiger partial charge is 0.483 e. The number of carbonyl (C=O) groups is 2. The van der Waals surface area contributed by atoms with Crippen LogP contribution >= 0.6 is 11.3 Å². The first-order valence-corrected chi connectivity index (χ1v) is 11.2. The number of aromatic nitrogens is 2. The number of Topliss-reactive ketones (excluding diaryl/α,β-unsaturated/α-hetero) is 1. The standard InChI is InChI=1S/C22H22FN3O3S/c1-2-6-16-24-25-22(30-16)26-18(12-7-4-3-5-8-12)17-19(27)14-11-13(23)9-10-15(14)29-20(17)21(26)28/h3-5,7-8,13-15,18H,2,6,9-11H2,1H3. The average Bonchev–Trinajstić information content (AvgIpc) is 3.32. The smallest absolute Gasteiger partial charge is 0.296 e. The number of fused-ring (bicyclic) bond motifs is 1. The number of carbonyl (C=O) groups excluding carboxylic acids is 2. The number of rotatable bonds is 4. The average molecular weight is 428 g/mol. The number of ether oxygens (including phenoxy) is 1. The minimum atomic E-state index is -1.01. The van der Waals surface area contributed by atoms with Crippen molar-refractivity contribution in [3.05, 3.63) is 52.2 Å². The number of benzene rings is 1. The van der Waals surface area contributed by atoms with Crippen LogP contribution < -0.4 is 4.90 Å². The quantitative estimate of drug-likeness (QED) is 0.739. The van der Waals surface area contributed by atoms with Crippen molar-refractivity contribution in [1.29, 1.82) is 0 Å². The second kappa shape index (κ2) is 7.58. The van der Waals surface area contributed by atoms with Gasteiger partial charge in [0.15, 0.2) is 11.5 Å². The lowest BCUT2D eigenvalue weighted by Gasteiger charge is -2.36. The minimum Gasteiger partial charge on any atom is -0.483 e. The topological polar surface area (TPSA) is 72.4 Å². The number of ketones is 1. The molecule has 1 aliphatic carbocycles. The molecular formula is C22H22FN3O3S. The van der Waals surface area contributed by atoms with Gasteiger partial charge in [-0.05, 0) is 31.2 Å². The van der Waals surface area contributed by atoms with Crippen LogP contribution in [0.25, 0.3) is 0 Å². The third-order valence-corrected chi connectivity index (χ3v) is 7.01. The summed E-state index contributed by atoms with van der Waals surface area (Å²) >= 11 is 1.36. The van der Waals surface area contributed by atoms with Gasteiger partial charge in [-0.15, -0.1) is 10.2 Å². The molecule has 3 aliphatic rings. The van der Waals surface area contributed by atoms with E-state index in [4.69, 9.17) is 4.74 Å². The van der Waals surface area contributed by atoms with E-state index in [2.05, 4.69) is 17.1 Å². The van der Waals surface area contributed by atoms with Gasteiger partial charge in [0, 0.05) is 6.42 Å². The number of alkyl halides is 1. The van der Waals surface area contributed by atoms with E-state index in [-0.39, 0.29) is 23.9 Å². The highest BCUT2D eigenvalue weighted by atomic mass is 32.1. The first-order valence-electron chi connectivity index (χ1n) is 10.4. The number of hydrogen-bond donors (Lipinski definition) is 0. The number of aryl methyl sites for hydroxylation is 1. The predicted octanol–water partition coefficient (Wildman–Crippen LogP) is 3.94. The molecule has 1 amide bonds. The Kier molecular flexibility index (Phi) is 4.89. The molecule has 30 heavy (non-hydrogen) atoms. The molecule has 8 heteroatoms. The van der Waals surface area contributed by atoms with Gasteiger partial charge >= 0.3 is 0 Å². The molecule has 5 rings (SSSR count). The molecule has 0 radical (unpaired) electrons. The summed E-state index contributed by atoms with van der Waals surface area (Å²) in [6.45, 7) is 2.06. The van der Waals surface area contributed by atoms with Crippen LogP contribution in [0.4, 0.5) is 9.52 Å². The molecule has 6 nitrogen and oxygen atoms in total. The van der Waals surface area contributed by atoms with Gasteiger partial charge in [-0.2, -0.15) is 0 Å². The van der Waals surface area contributed by atoms with Gasteiger partial charge in [0.25, 0.3) is 5.91 Å². The number of anilines is 1. The van der Waals surface area contributed by atoms with E-state index < -0.39 is 24.2 Å². The van der Waals surface area contributed by atoms with Crippen molar-refractivity contribution in [3.63, 3.8) is 0 Å². The molecule has 1 aromatic heterocycles. The summed E-state index contributed by atoms with van der Waals surface area (Å²) < 4.78 is 20.1. The third-order valence-electron chi connectivity index (χ3n) is 6.03. The molecule has 0 spiro atoms. The summed E-state index contributed by atoms with van der Waals surface area (Å²) in [6, 6.07) is 8.75. The Morgan fingerprint density at radius 1 is 1.20 bits per heavy atom. The molecule has 4 atom stereocenters. The number of hydrogen-bond acceptors (Lipinski definition) is 6. The fraction of sp³-hybridized carbons (Fsp3) is 0.455. The van der Waals surface area contributed by atoms with Crippen molar-refractivity contribution in [2.24, 2.45) is 5.92 Å². The lowest BCUT2D eigenvalue weighted by molar-refractivity contribution is -0.133. The molecular weight excluding hydrogens is 405 g/mol. The van der Waals surface area contributed by atoms with Crippen molar-refractivity contribution < 1.29 is 18.7 Å². The Bertz CT molecular complexity index is 1020. The van der Waals surface area contributed by atoms with Crippen LogP contribution in [0, 0.1) is 5.92 Å². The van der Waals surface area contributed by atoms with Crippen molar-refractivity contribution in [2.75, 3.05) is 4.90 Å². The Morgan fingerprint density at radius 2 is 2.00 bits per heavy atom. The fourth-order valence-corrected chi connectivity index (χ4v) is 5.59. The molecule has 1 aromatic carbocycles. The first kappa shape index (κ1) is 19.4. The van der Waals surface area contributed by atoms with Gasteiger partial charge in [0.05, 0.1) is 17.5 Å². The first-order chi connectivity index (χ1) is 14.6. The van der Waals surface area contributed by atoms with Crippen molar-refractivity contribution in [3.8, 4) is 0 Å². The zero-order chi connectivity index (χ0) is 20.8. The van der Waals surface area contributed by atoms with E-state index in [0.717, 1.165) is 23.4 Å². The van der Waals surface area contributed by atoms with Gasteiger partial charge in [0.2, 0.25) is 5.13 Å². The van der Waals surface area contributed by atoms with Crippen molar-refractivity contribution >= 4 is 28.2 Å². The summed E-state index contributed by atoms with van der Waals surface area (Å²) in [5.74, 6) is -0.991. The van der Waals surface area contributed by atoms with Crippen LogP contribution in [0.2, 0.25) is 0 Å². The van der Waals surface area contributed by atoms with Gasteiger partial charge < -0.3 is 4.74 Å². The van der Waals surface area contributed by atoms with E-state index in [0.29, 0.717) is 23.5 Å². The predicted molar refractivity (Wildman–Crippen MR) is 110 cm³/mol. The minimum absolute atomic E-state index is 0.0969. The van der Waals surface area contributed by atoms with Crippen LogP contribution in [-0.2, 0) is 20.7 Å². The van der Waals surface area contributed by atoms with Crippen LogP contribution in [-0.4, -0.2) is 34.2 Å². The van der Waals surface area contributed by atoms with E-state index in [1.54, 1.807) is 0 Å². The lowest BCUT2D eigenvalue weighted by Crippen LogP contribution is -2.42. The second-order valence-corrected chi connectivity index (χ2v) is 9.04. The maximum atomic E-state index is 14.1. The van der Waals surface area contributed by atoms with E-state index >= 15 is 0 Å². The second-order valence-electron chi connectivity index (χ2n) is 8.00. The Hall–Kier alpha value is -2.61. The molecule has 0 bridgehead atoms. The Balaban J connectivity index is 1.60. The van der Waals surface area contributed by atoms with Crippen LogP contribution in [0.3, 0.4) is 0 Å². The monoisotopic (exact) mass is 427 g/mol. The van der Waals surface area contributed by atoms with Crippen molar-refractivity contribution in [2.45, 2.75) is 57.3 Å². The number of amides is 1. The number of nitrogens with zero attached hydrogens (tertiary/aromatic N) is 3. The van der Waals surface area contributed by atoms with Gasteiger partial charge in [-0.25, -0.2) is 4.39 Å². The zero-order valence-corrected chi connectivity index (χ0v) is 17.4. The highest BCUT2D eigenvalue weighted by molar-refractivity contribution is 7.15. The van der Waals surface area contributed by atoms with E-state index in [9.17, 15) is 14.0 Å². The SMILES string of the molecule is CCCc1nnc(N2C(=O)C3=C(C(=O)C4CC(F)CCC4O3)C2c2ccccc2)s1. The zero-order valence-electron chi connectivity index (χ0n) is 16.6. The summed E-state index contributed by atoms with van der Waals surface area (Å²) in [7, 11) is 0. The molecule has 156 valence electrons. The normalized spacial score (nSPS) is 28.4. The summed E-state index contributed by atoms with van der Waals surface area (Å²) in [6.07, 6.45) is 1.20. The highest BCUT2D eigenvalue weighted by Crippen LogP contribution is 2.48. The van der Waals surface area contributed by atoms with E-state index in [1.165, 1.54) is 16.2 Å². The van der Waals surface area contributed by atoms with Crippen LogP contribution in [0.1, 0.15) is 49.2 Å². The lowest BCUT2D eigenvalue weighted by atomic mass is 9.77. The van der Waals surface area contributed by atoms with E-state index in [1.807, 2.05) is 30.3 Å². The Morgan fingerprint density at radius 3 is 2.77 bits per heavy atom. The maximum absolute atomic E-state index is 14.1. The molecule has 0 N–H and O–H groups in total. The number of halogens is 1. The molecule has 2 aromatic rings. The van der Waals surface area contributed by atoms with Crippen LogP contribution in [0.15, 0.2) is 41.7 Å². The fourth-order valence-electron chi connectivity index (χ4n) is 4.62. The molecule has 2 aliphatic heterocycles. The summed E-state index contributed by atoms with van der Waals surface area (Å²) in [4.78, 5) is 28.4. The maximum Gasteiger partial charge on any atom is 0.296 e. The summed E-state index contributed by atoms with van der Waals surface area (Å²) in [5, 5.41) is 9.76. The molecule has 0 saturated heterocycles. The molecule has 1 saturated carbocycles. The van der Waals surface area contributed by atoms with Crippen molar-refractivity contribution in [1.82, 2.24) is 10.2 Å². The van der Waals surface area contributed by atoms with Gasteiger partial charge in [-0.3, -0.25) is 14.5 Å². The molecule has 4 unspecified atom stereocenters.